The van der Waals surface area contributed by atoms with Crippen LogP contribution in [0.3, 0.4) is 0 Å². The summed E-state index contributed by atoms with van der Waals surface area (Å²) in [5.41, 5.74) is 0. The molecule has 0 amide bonds. The second kappa shape index (κ2) is 6.04. The third kappa shape index (κ3) is 3.45. The zero-order valence-electron chi connectivity index (χ0n) is 10.8. The van der Waals surface area contributed by atoms with E-state index in [1.165, 1.54) is 6.07 Å². The number of rotatable bonds is 6. The highest BCUT2D eigenvalue weighted by atomic mass is 79.9. The average molecular weight is 365 g/mol. The number of nitrogens with one attached hydrogen (secondary N) is 2. The predicted octanol–water partition coefficient (Wildman–Crippen LogP) is 0.931. The van der Waals surface area contributed by atoms with Gasteiger partial charge in [-0.25, -0.2) is 13.1 Å². The van der Waals surface area contributed by atoms with E-state index < -0.39 is 10.0 Å². The van der Waals surface area contributed by atoms with Gasteiger partial charge >= 0.3 is 0 Å². The van der Waals surface area contributed by atoms with E-state index in [-0.39, 0.29) is 21.9 Å². The molecule has 2 aromatic heterocycles. The maximum absolute atomic E-state index is 12.1. The molecule has 0 aliphatic rings. The number of sulfonamides is 1. The highest BCUT2D eigenvalue weighted by molar-refractivity contribution is 9.10. The molecule has 0 bridgehead atoms. The van der Waals surface area contributed by atoms with E-state index in [1.807, 2.05) is 0 Å². The average Bonchev–Trinajstić information content (AvgIpc) is 2.94. The number of nitrogens with zero attached hydrogens (tertiary/aromatic N) is 2. The Balaban J connectivity index is 2.13. The molecule has 0 fully saturated rings. The van der Waals surface area contributed by atoms with Crippen LogP contribution in [0.15, 0.2) is 24.6 Å². The van der Waals surface area contributed by atoms with E-state index in [4.69, 9.17) is 8.94 Å². The molecule has 110 valence electrons. The molecule has 0 radical (unpaired) electrons. The molecular formula is C10H13BrN4O4S. The van der Waals surface area contributed by atoms with Gasteiger partial charge in [0.2, 0.25) is 15.9 Å². The Labute approximate surface area is 124 Å². The fraction of sp³-hybridized carbons (Fsp3) is 0.400. The van der Waals surface area contributed by atoms with Crippen LogP contribution in [0.25, 0.3) is 0 Å². The summed E-state index contributed by atoms with van der Waals surface area (Å²) in [5.74, 6) is 1.15. The van der Waals surface area contributed by atoms with E-state index in [2.05, 4.69) is 36.1 Å². The summed E-state index contributed by atoms with van der Waals surface area (Å²) < 4.78 is 36.9. The maximum atomic E-state index is 12.1. The van der Waals surface area contributed by atoms with Crippen LogP contribution >= 0.6 is 15.9 Å². The molecular weight excluding hydrogens is 352 g/mol. The molecule has 0 saturated carbocycles. The molecule has 20 heavy (non-hydrogen) atoms. The first-order valence-corrected chi connectivity index (χ1v) is 7.91. The van der Waals surface area contributed by atoms with Crippen molar-refractivity contribution in [3.05, 3.63) is 28.2 Å². The Morgan fingerprint density at radius 1 is 1.40 bits per heavy atom. The first-order valence-electron chi connectivity index (χ1n) is 5.64. The molecule has 10 heteroatoms. The van der Waals surface area contributed by atoms with Gasteiger partial charge in [-0.15, -0.1) is 0 Å². The van der Waals surface area contributed by atoms with Gasteiger partial charge in [0.25, 0.3) is 0 Å². The molecule has 2 N–H and O–H groups in total. The largest absolute Gasteiger partial charge is 0.452 e. The van der Waals surface area contributed by atoms with E-state index in [1.54, 1.807) is 14.0 Å². The molecule has 0 unspecified atom stereocenters. The maximum Gasteiger partial charge on any atom is 0.245 e. The molecule has 8 nitrogen and oxygen atoms in total. The van der Waals surface area contributed by atoms with Crippen molar-refractivity contribution < 1.29 is 17.4 Å². The van der Waals surface area contributed by atoms with Crippen LogP contribution < -0.4 is 10.0 Å². The standard InChI is InChI=1S/C10H13BrN4O4S/c1-6-14-9(15-19-6)5-13-20(16,17)8-3-7(4-12-2)18-10(8)11/h3,12-13H,4-5H2,1-2H3. The Bertz CT molecular complexity index is 694. The lowest BCUT2D eigenvalue weighted by molar-refractivity contribution is 0.387. The molecule has 0 aromatic carbocycles. The Morgan fingerprint density at radius 3 is 2.75 bits per heavy atom. The summed E-state index contributed by atoms with van der Waals surface area (Å²) in [7, 11) is -1.98. The minimum Gasteiger partial charge on any atom is -0.452 e. The van der Waals surface area contributed by atoms with Gasteiger partial charge in [0.1, 0.15) is 10.7 Å². The van der Waals surface area contributed by atoms with Crippen molar-refractivity contribution in [2.75, 3.05) is 7.05 Å². The van der Waals surface area contributed by atoms with Gasteiger partial charge in [0.05, 0.1) is 13.1 Å². The van der Waals surface area contributed by atoms with Gasteiger partial charge in [-0.2, -0.15) is 4.98 Å². The summed E-state index contributed by atoms with van der Waals surface area (Å²) in [6.45, 7) is 2.00. The fourth-order valence-corrected chi connectivity index (χ4v) is 3.47. The lowest BCUT2D eigenvalue weighted by atomic mass is 10.4. The molecule has 0 aliphatic heterocycles. The number of aryl methyl sites for hydroxylation is 1. The van der Waals surface area contributed by atoms with Crippen LogP contribution in [0.4, 0.5) is 0 Å². The van der Waals surface area contributed by atoms with Gasteiger partial charge in [0.15, 0.2) is 10.5 Å². The van der Waals surface area contributed by atoms with Gasteiger partial charge < -0.3 is 14.3 Å². The third-order valence-corrected chi connectivity index (χ3v) is 4.60. The van der Waals surface area contributed by atoms with Gasteiger partial charge in [-0.3, -0.25) is 0 Å². The molecule has 0 atom stereocenters. The molecule has 0 spiro atoms. The van der Waals surface area contributed by atoms with E-state index >= 15 is 0 Å². The van der Waals surface area contributed by atoms with Gasteiger partial charge in [0, 0.05) is 13.0 Å². The van der Waals surface area contributed by atoms with Crippen molar-refractivity contribution in [1.29, 1.82) is 0 Å². The summed E-state index contributed by atoms with van der Waals surface area (Å²) in [6.07, 6.45) is 0. The van der Waals surface area contributed by atoms with E-state index in [0.717, 1.165) is 0 Å². The Hall–Kier alpha value is -1.23. The topological polar surface area (TPSA) is 110 Å². The summed E-state index contributed by atoms with van der Waals surface area (Å²) in [6, 6.07) is 1.45. The number of aromatic nitrogens is 2. The highest BCUT2D eigenvalue weighted by Crippen LogP contribution is 2.26. The predicted molar refractivity (Wildman–Crippen MR) is 72.2 cm³/mol. The summed E-state index contributed by atoms with van der Waals surface area (Å²) >= 11 is 3.09. The molecule has 2 aromatic rings. The number of hydrogen-bond acceptors (Lipinski definition) is 7. The van der Waals surface area contributed by atoms with Crippen LogP contribution in [-0.2, 0) is 23.1 Å². The minimum absolute atomic E-state index is 0.0305. The van der Waals surface area contributed by atoms with E-state index in [0.29, 0.717) is 18.2 Å². The second-order valence-electron chi connectivity index (χ2n) is 3.94. The van der Waals surface area contributed by atoms with Crippen molar-refractivity contribution >= 4 is 26.0 Å². The van der Waals surface area contributed by atoms with Crippen LogP contribution in [0.2, 0.25) is 0 Å². The van der Waals surface area contributed by atoms with E-state index in [9.17, 15) is 8.42 Å². The third-order valence-electron chi connectivity index (χ3n) is 2.34. The zero-order valence-corrected chi connectivity index (χ0v) is 13.2. The van der Waals surface area contributed by atoms with Crippen molar-refractivity contribution in [3.63, 3.8) is 0 Å². The first kappa shape index (κ1) is 15.2. The molecule has 0 aliphatic carbocycles. The Morgan fingerprint density at radius 2 is 2.15 bits per heavy atom. The number of hydrogen-bond donors (Lipinski definition) is 2. The summed E-state index contributed by atoms with van der Waals surface area (Å²) in [5, 5.41) is 6.49. The second-order valence-corrected chi connectivity index (χ2v) is 6.39. The van der Waals surface area contributed by atoms with Crippen LogP contribution in [-0.4, -0.2) is 25.6 Å². The number of furan rings is 1. The lowest BCUT2D eigenvalue weighted by Gasteiger charge is -2.01. The van der Waals surface area contributed by atoms with Crippen LogP contribution in [0, 0.1) is 6.92 Å². The quantitative estimate of drug-likeness (QED) is 0.784. The normalized spacial score (nSPS) is 11.9. The van der Waals surface area contributed by atoms with Crippen molar-refractivity contribution in [2.24, 2.45) is 0 Å². The van der Waals surface area contributed by atoms with Crippen molar-refractivity contribution in [3.8, 4) is 0 Å². The zero-order chi connectivity index (χ0) is 14.8. The van der Waals surface area contributed by atoms with Gasteiger partial charge in [-0.1, -0.05) is 5.16 Å². The monoisotopic (exact) mass is 364 g/mol. The highest BCUT2D eigenvalue weighted by Gasteiger charge is 2.22. The first-order chi connectivity index (χ1) is 9.42. The van der Waals surface area contributed by atoms with Crippen LogP contribution in [0.1, 0.15) is 17.5 Å². The van der Waals surface area contributed by atoms with Gasteiger partial charge in [-0.05, 0) is 23.0 Å². The van der Waals surface area contributed by atoms with Crippen LogP contribution in [0.5, 0.6) is 0 Å². The summed E-state index contributed by atoms with van der Waals surface area (Å²) in [4.78, 5) is 3.95. The minimum atomic E-state index is -3.72. The fourth-order valence-electron chi connectivity index (χ4n) is 1.49. The molecule has 2 rings (SSSR count). The molecule has 2 heterocycles. The Kier molecular flexibility index (Phi) is 4.58. The van der Waals surface area contributed by atoms with Crippen molar-refractivity contribution in [2.45, 2.75) is 24.9 Å². The van der Waals surface area contributed by atoms with Crippen molar-refractivity contribution in [1.82, 2.24) is 20.2 Å². The number of halogens is 1. The SMILES string of the molecule is CNCc1cc(S(=O)(=O)NCc2noc(C)n2)c(Br)o1. The molecule has 0 saturated heterocycles. The lowest BCUT2D eigenvalue weighted by Crippen LogP contribution is -2.23. The smallest absolute Gasteiger partial charge is 0.245 e.